The molecule has 2 unspecified atom stereocenters. The predicted molar refractivity (Wildman–Crippen MR) is 67.8 cm³/mol. The Hall–Kier alpha value is -1.29. The molecule has 0 spiro atoms. The number of amides is 1. The van der Waals surface area contributed by atoms with Crippen LogP contribution in [0.1, 0.15) is 29.5 Å². The van der Waals surface area contributed by atoms with Gasteiger partial charge in [-0.3, -0.25) is 4.79 Å². The molecular weight excluding hydrogens is 214 g/mol. The molecule has 1 amide bonds. The van der Waals surface area contributed by atoms with E-state index in [1.807, 2.05) is 35.6 Å². The Labute approximate surface area is 102 Å². The lowest BCUT2D eigenvalue weighted by molar-refractivity contribution is 0.0651. The maximum Gasteiger partial charge on any atom is 0.270 e. The summed E-state index contributed by atoms with van der Waals surface area (Å²) in [5.74, 6) is 0.590. The number of nitrogens with two attached hydrogens (primary N) is 1. The Balaban J connectivity index is 2.17. The van der Waals surface area contributed by atoms with Gasteiger partial charge >= 0.3 is 0 Å². The standard InChI is InChI=1S/C13H21N3O/c1-9-6-11(14)8-16(7-9)13(17)12-5-4-10(2)15(12)3/h4-5,9,11H,6-8,14H2,1-3H3. The van der Waals surface area contributed by atoms with Gasteiger partial charge in [0.2, 0.25) is 0 Å². The van der Waals surface area contributed by atoms with Gasteiger partial charge in [-0.1, -0.05) is 6.92 Å². The number of hydrogen-bond donors (Lipinski definition) is 1. The normalized spacial score (nSPS) is 25.1. The van der Waals surface area contributed by atoms with E-state index < -0.39 is 0 Å². The predicted octanol–water partition coefficient (Wildman–Crippen LogP) is 1.14. The first-order valence-corrected chi connectivity index (χ1v) is 6.16. The zero-order chi connectivity index (χ0) is 12.6. The van der Waals surface area contributed by atoms with E-state index in [0.29, 0.717) is 12.5 Å². The Morgan fingerprint density at radius 1 is 1.41 bits per heavy atom. The van der Waals surface area contributed by atoms with E-state index in [-0.39, 0.29) is 11.9 Å². The summed E-state index contributed by atoms with van der Waals surface area (Å²) in [5, 5.41) is 0. The van der Waals surface area contributed by atoms with Crippen molar-refractivity contribution in [3.63, 3.8) is 0 Å². The van der Waals surface area contributed by atoms with Crippen LogP contribution in [0.15, 0.2) is 12.1 Å². The molecule has 1 aliphatic heterocycles. The van der Waals surface area contributed by atoms with Crippen molar-refractivity contribution in [3.05, 3.63) is 23.5 Å². The molecule has 2 heterocycles. The summed E-state index contributed by atoms with van der Waals surface area (Å²) < 4.78 is 1.94. The van der Waals surface area contributed by atoms with Crippen LogP contribution in [0.5, 0.6) is 0 Å². The molecule has 4 heteroatoms. The molecule has 0 aliphatic carbocycles. The van der Waals surface area contributed by atoms with Crippen molar-refractivity contribution in [2.75, 3.05) is 13.1 Å². The maximum atomic E-state index is 12.4. The number of nitrogens with zero attached hydrogens (tertiary/aromatic N) is 2. The van der Waals surface area contributed by atoms with Crippen LogP contribution in [-0.2, 0) is 7.05 Å². The van der Waals surface area contributed by atoms with Crippen molar-refractivity contribution < 1.29 is 4.79 Å². The third kappa shape index (κ3) is 2.36. The highest BCUT2D eigenvalue weighted by atomic mass is 16.2. The molecule has 1 aromatic rings. The molecular formula is C13H21N3O. The average molecular weight is 235 g/mol. The topological polar surface area (TPSA) is 51.3 Å². The minimum absolute atomic E-state index is 0.0996. The first-order valence-electron chi connectivity index (χ1n) is 6.16. The Bertz CT molecular complexity index is 414. The van der Waals surface area contributed by atoms with Crippen molar-refractivity contribution in [3.8, 4) is 0 Å². The van der Waals surface area contributed by atoms with E-state index in [9.17, 15) is 4.79 Å². The molecule has 1 fully saturated rings. The number of carbonyl (C=O) groups is 1. The minimum atomic E-state index is 0.0996. The van der Waals surface area contributed by atoms with Gasteiger partial charge in [0.25, 0.3) is 5.91 Å². The highest BCUT2D eigenvalue weighted by Crippen LogP contribution is 2.18. The molecule has 17 heavy (non-hydrogen) atoms. The van der Waals surface area contributed by atoms with Crippen LogP contribution in [0.25, 0.3) is 0 Å². The smallest absolute Gasteiger partial charge is 0.270 e. The highest BCUT2D eigenvalue weighted by molar-refractivity contribution is 5.93. The third-order valence-electron chi connectivity index (χ3n) is 3.57. The lowest BCUT2D eigenvalue weighted by atomic mass is 9.96. The van der Waals surface area contributed by atoms with Crippen molar-refractivity contribution in [1.82, 2.24) is 9.47 Å². The maximum absolute atomic E-state index is 12.4. The van der Waals surface area contributed by atoms with E-state index in [0.717, 1.165) is 24.4 Å². The van der Waals surface area contributed by atoms with Crippen molar-refractivity contribution in [2.45, 2.75) is 26.3 Å². The van der Waals surface area contributed by atoms with Gasteiger partial charge in [0, 0.05) is 31.9 Å². The molecule has 2 N–H and O–H groups in total. The minimum Gasteiger partial charge on any atom is -0.344 e. The molecule has 4 nitrogen and oxygen atoms in total. The summed E-state index contributed by atoms with van der Waals surface area (Å²) in [7, 11) is 1.93. The van der Waals surface area contributed by atoms with Crippen molar-refractivity contribution in [2.24, 2.45) is 18.7 Å². The Morgan fingerprint density at radius 2 is 2.12 bits per heavy atom. The van der Waals surface area contributed by atoms with Crippen LogP contribution >= 0.6 is 0 Å². The van der Waals surface area contributed by atoms with Gasteiger partial charge < -0.3 is 15.2 Å². The molecule has 0 aromatic carbocycles. The molecule has 0 saturated carbocycles. The molecule has 0 bridgehead atoms. The van der Waals surface area contributed by atoms with E-state index in [1.165, 1.54) is 0 Å². The van der Waals surface area contributed by atoms with Gasteiger partial charge in [-0.25, -0.2) is 0 Å². The van der Waals surface area contributed by atoms with Crippen LogP contribution in [0.4, 0.5) is 0 Å². The number of piperidine rings is 1. The number of hydrogen-bond acceptors (Lipinski definition) is 2. The molecule has 2 rings (SSSR count). The zero-order valence-electron chi connectivity index (χ0n) is 10.8. The molecule has 94 valence electrons. The van der Waals surface area contributed by atoms with Gasteiger partial charge in [-0.05, 0) is 31.4 Å². The fourth-order valence-electron chi connectivity index (χ4n) is 2.56. The summed E-state index contributed by atoms with van der Waals surface area (Å²) in [6.07, 6.45) is 1.01. The monoisotopic (exact) mass is 235 g/mol. The van der Waals surface area contributed by atoms with E-state index in [1.54, 1.807) is 0 Å². The van der Waals surface area contributed by atoms with E-state index in [2.05, 4.69) is 6.92 Å². The quantitative estimate of drug-likeness (QED) is 0.793. The number of carbonyl (C=O) groups excluding carboxylic acids is 1. The second-order valence-electron chi connectivity index (χ2n) is 5.23. The number of rotatable bonds is 1. The van der Waals surface area contributed by atoms with Crippen LogP contribution in [0.3, 0.4) is 0 Å². The third-order valence-corrected chi connectivity index (χ3v) is 3.57. The summed E-state index contributed by atoms with van der Waals surface area (Å²) in [4.78, 5) is 14.3. The van der Waals surface area contributed by atoms with E-state index >= 15 is 0 Å². The lowest BCUT2D eigenvalue weighted by Gasteiger charge is -2.34. The van der Waals surface area contributed by atoms with Crippen molar-refractivity contribution in [1.29, 1.82) is 0 Å². The number of aromatic nitrogens is 1. The second-order valence-corrected chi connectivity index (χ2v) is 5.23. The second kappa shape index (κ2) is 4.53. The number of likely N-dealkylation sites (tertiary alicyclic amines) is 1. The fraction of sp³-hybridized carbons (Fsp3) is 0.615. The van der Waals surface area contributed by atoms with Gasteiger partial charge in [-0.2, -0.15) is 0 Å². The van der Waals surface area contributed by atoms with Crippen molar-refractivity contribution >= 4 is 5.91 Å². The summed E-state index contributed by atoms with van der Waals surface area (Å²) in [6, 6.07) is 3.98. The molecule has 0 radical (unpaired) electrons. The van der Waals surface area contributed by atoms with Gasteiger partial charge in [-0.15, -0.1) is 0 Å². The lowest BCUT2D eigenvalue weighted by Crippen LogP contribution is -2.49. The van der Waals surface area contributed by atoms with Gasteiger partial charge in [0.1, 0.15) is 5.69 Å². The van der Waals surface area contributed by atoms with E-state index in [4.69, 9.17) is 5.73 Å². The summed E-state index contributed by atoms with van der Waals surface area (Å²) >= 11 is 0. The van der Waals surface area contributed by atoms with Gasteiger partial charge in [0.15, 0.2) is 0 Å². The Kier molecular flexibility index (Phi) is 3.24. The van der Waals surface area contributed by atoms with Crippen LogP contribution in [0, 0.1) is 12.8 Å². The van der Waals surface area contributed by atoms with Crippen LogP contribution < -0.4 is 5.73 Å². The Morgan fingerprint density at radius 3 is 2.65 bits per heavy atom. The number of aryl methyl sites for hydroxylation is 1. The average Bonchev–Trinajstić information content (AvgIpc) is 2.57. The summed E-state index contributed by atoms with van der Waals surface area (Å²) in [6.45, 7) is 5.64. The first kappa shape index (κ1) is 12.2. The largest absolute Gasteiger partial charge is 0.344 e. The van der Waals surface area contributed by atoms with Crippen LogP contribution in [0.2, 0.25) is 0 Å². The summed E-state index contributed by atoms with van der Waals surface area (Å²) in [5.41, 5.74) is 7.83. The zero-order valence-corrected chi connectivity index (χ0v) is 10.8. The molecule has 2 atom stereocenters. The fourth-order valence-corrected chi connectivity index (χ4v) is 2.56. The van der Waals surface area contributed by atoms with Gasteiger partial charge in [0.05, 0.1) is 0 Å². The molecule has 1 aromatic heterocycles. The first-order chi connectivity index (χ1) is 7.99. The highest BCUT2D eigenvalue weighted by Gasteiger charge is 2.27. The van der Waals surface area contributed by atoms with Crippen LogP contribution in [-0.4, -0.2) is 34.5 Å². The molecule has 1 saturated heterocycles. The molecule has 1 aliphatic rings. The SMILES string of the molecule is Cc1ccc(C(=O)N2CC(C)CC(N)C2)n1C.